The molecule has 0 saturated carbocycles. The van der Waals surface area contributed by atoms with Gasteiger partial charge in [-0.25, -0.2) is 5.43 Å². The summed E-state index contributed by atoms with van der Waals surface area (Å²) in [4.78, 5) is 12.2. The van der Waals surface area contributed by atoms with Gasteiger partial charge in [0, 0.05) is 15.6 Å². The molecule has 0 radical (unpaired) electrons. The first-order valence-electron chi connectivity index (χ1n) is 8.59. The van der Waals surface area contributed by atoms with Gasteiger partial charge in [-0.1, -0.05) is 40.2 Å². The molecule has 3 rings (SSSR count). The van der Waals surface area contributed by atoms with Crippen LogP contribution in [0.2, 0.25) is 0 Å². The molecule has 0 aromatic heterocycles. The molecule has 3 aromatic carbocycles. The summed E-state index contributed by atoms with van der Waals surface area (Å²) < 4.78 is 12.0. The fraction of sp³-hybridized carbons (Fsp3) is 0.0909. The monoisotopic (exact) mass is 438 g/mol. The number of hydrazone groups is 1. The molecule has 5 nitrogen and oxygen atoms in total. The molecular weight excluding hydrogens is 420 g/mol. The smallest absolute Gasteiger partial charge is 0.271 e. The van der Waals surface area contributed by atoms with Gasteiger partial charge >= 0.3 is 0 Å². The zero-order chi connectivity index (χ0) is 19.8. The van der Waals surface area contributed by atoms with Gasteiger partial charge < -0.3 is 9.47 Å². The lowest BCUT2D eigenvalue weighted by Gasteiger charge is -2.09. The third-order valence-electron chi connectivity index (χ3n) is 3.92. The number of ether oxygens (including phenoxy) is 2. The second kappa shape index (κ2) is 9.71. The average molecular weight is 439 g/mol. The third-order valence-corrected chi connectivity index (χ3v) is 4.42. The van der Waals surface area contributed by atoms with E-state index >= 15 is 0 Å². The number of nitrogens with zero attached hydrogens (tertiary/aromatic N) is 1. The van der Waals surface area contributed by atoms with Crippen molar-refractivity contribution in [3.8, 4) is 11.5 Å². The van der Waals surface area contributed by atoms with Crippen molar-refractivity contribution in [3.63, 3.8) is 0 Å². The lowest BCUT2D eigenvalue weighted by molar-refractivity contribution is 0.0955. The Balaban J connectivity index is 1.62. The van der Waals surface area contributed by atoms with Crippen molar-refractivity contribution in [3.05, 3.63) is 94.0 Å². The van der Waals surface area contributed by atoms with Gasteiger partial charge in [-0.05, 0) is 54.1 Å². The highest BCUT2D eigenvalue weighted by atomic mass is 79.9. The zero-order valence-corrected chi connectivity index (χ0v) is 16.8. The van der Waals surface area contributed by atoms with Crippen LogP contribution in [0.4, 0.5) is 0 Å². The van der Waals surface area contributed by atoms with Crippen molar-refractivity contribution < 1.29 is 14.3 Å². The minimum Gasteiger partial charge on any atom is -0.497 e. The molecule has 0 fully saturated rings. The number of hydrogen-bond acceptors (Lipinski definition) is 4. The fourth-order valence-electron chi connectivity index (χ4n) is 2.47. The van der Waals surface area contributed by atoms with E-state index in [-0.39, 0.29) is 5.91 Å². The van der Waals surface area contributed by atoms with Crippen LogP contribution in [-0.2, 0) is 6.61 Å². The maximum atomic E-state index is 12.2. The van der Waals surface area contributed by atoms with Crippen molar-refractivity contribution >= 4 is 28.1 Å². The standard InChI is InChI=1S/C22H19BrN2O3/c1-27-20-11-9-17(10-12-20)22(26)25-24-14-18-6-2-3-8-21(18)28-15-16-5-4-7-19(23)13-16/h2-14H,15H2,1H3,(H,25,26)/b24-14+. The number of halogens is 1. The van der Waals surface area contributed by atoms with E-state index in [1.54, 1.807) is 37.6 Å². The van der Waals surface area contributed by atoms with Crippen molar-refractivity contribution in [2.45, 2.75) is 6.61 Å². The van der Waals surface area contributed by atoms with Crippen molar-refractivity contribution in [1.29, 1.82) is 0 Å². The van der Waals surface area contributed by atoms with Gasteiger partial charge in [0.2, 0.25) is 0 Å². The van der Waals surface area contributed by atoms with Crippen LogP contribution in [-0.4, -0.2) is 19.2 Å². The number of carbonyl (C=O) groups excluding carboxylic acids is 1. The van der Waals surface area contributed by atoms with Crippen LogP contribution in [0.1, 0.15) is 21.5 Å². The number of amides is 1. The van der Waals surface area contributed by atoms with E-state index < -0.39 is 0 Å². The van der Waals surface area contributed by atoms with E-state index in [0.717, 1.165) is 15.6 Å². The summed E-state index contributed by atoms with van der Waals surface area (Å²) >= 11 is 3.45. The molecule has 6 heteroatoms. The summed E-state index contributed by atoms with van der Waals surface area (Å²) in [5.74, 6) is 1.08. The molecule has 1 N–H and O–H groups in total. The molecule has 0 bridgehead atoms. The van der Waals surface area contributed by atoms with E-state index in [0.29, 0.717) is 23.7 Å². The maximum absolute atomic E-state index is 12.2. The number of para-hydroxylation sites is 1. The first-order chi connectivity index (χ1) is 13.7. The van der Waals surface area contributed by atoms with Gasteiger partial charge in [-0.15, -0.1) is 0 Å². The normalized spacial score (nSPS) is 10.6. The maximum Gasteiger partial charge on any atom is 0.271 e. The van der Waals surface area contributed by atoms with Crippen molar-refractivity contribution in [2.24, 2.45) is 5.10 Å². The Morgan fingerprint density at radius 2 is 1.86 bits per heavy atom. The second-order valence-corrected chi connectivity index (χ2v) is 6.80. The Morgan fingerprint density at radius 1 is 1.07 bits per heavy atom. The van der Waals surface area contributed by atoms with Gasteiger partial charge in [0.25, 0.3) is 5.91 Å². The highest BCUT2D eigenvalue weighted by molar-refractivity contribution is 9.10. The van der Waals surface area contributed by atoms with Gasteiger partial charge in [-0.2, -0.15) is 5.10 Å². The molecule has 0 aliphatic carbocycles. The first-order valence-corrected chi connectivity index (χ1v) is 9.39. The summed E-state index contributed by atoms with van der Waals surface area (Å²) in [6, 6.07) is 22.3. The molecule has 0 unspecified atom stereocenters. The summed E-state index contributed by atoms with van der Waals surface area (Å²) in [6.45, 7) is 0.433. The Hall–Kier alpha value is -3.12. The molecule has 1 amide bonds. The van der Waals surface area contributed by atoms with Crippen LogP contribution >= 0.6 is 15.9 Å². The van der Waals surface area contributed by atoms with Crippen molar-refractivity contribution in [1.82, 2.24) is 5.43 Å². The lowest BCUT2D eigenvalue weighted by Crippen LogP contribution is -2.17. The number of methoxy groups -OCH3 is 1. The molecule has 142 valence electrons. The number of rotatable bonds is 7. The fourth-order valence-corrected chi connectivity index (χ4v) is 2.92. The Labute approximate surface area is 172 Å². The topological polar surface area (TPSA) is 59.9 Å². The van der Waals surface area contributed by atoms with E-state index in [1.165, 1.54) is 0 Å². The SMILES string of the molecule is COc1ccc(C(=O)N/N=C/c2ccccc2OCc2cccc(Br)c2)cc1. The molecule has 0 aliphatic rings. The zero-order valence-electron chi connectivity index (χ0n) is 15.3. The minimum absolute atomic E-state index is 0.300. The number of benzene rings is 3. The Kier molecular flexibility index (Phi) is 6.81. The van der Waals surface area contributed by atoms with Gasteiger partial charge in [0.1, 0.15) is 18.1 Å². The quantitative estimate of drug-likeness (QED) is 0.425. The summed E-state index contributed by atoms with van der Waals surface area (Å²) in [6.07, 6.45) is 1.57. The Morgan fingerprint density at radius 3 is 2.61 bits per heavy atom. The average Bonchev–Trinajstić information content (AvgIpc) is 2.73. The van der Waals surface area contributed by atoms with Crippen molar-refractivity contribution in [2.75, 3.05) is 7.11 Å². The molecule has 0 saturated heterocycles. The third kappa shape index (κ3) is 5.44. The number of nitrogens with one attached hydrogen (secondary N) is 1. The van der Waals surface area contributed by atoms with E-state index in [4.69, 9.17) is 9.47 Å². The highest BCUT2D eigenvalue weighted by Gasteiger charge is 2.05. The van der Waals surface area contributed by atoms with Gasteiger partial charge in [0.15, 0.2) is 0 Å². The molecule has 28 heavy (non-hydrogen) atoms. The van der Waals surface area contributed by atoms with Crippen LogP contribution in [0.25, 0.3) is 0 Å². The lowest BCUT2D eigenvalue weighted by atomic mass is 10.2. The number of carbonyl (C=O) groups is 1. The van der Waals surface area contributed by atoms with E-state index in [2.05, 4.69) is 26.5 Å². The van der Waals surface area contributed by atoms with Crippen LogP contribution in [0, 0.1) is 0 Å². The predicted molar refractivity (Wildman–Crippen MR) is 113 cm³/mol. The van der Waals surface area contributed by atoms with Gasteiger partial charge in [0.05, 0.1) is 13.3 Å². The summed E-state index contributed by atoms with van der Waals surface area (Å²) in [5, 5.41) is 4.05. The molecule has 0 atom stereocenters. The van der Waals surface area contributed by atoms with Crippen LogP contribution < -0.4 is 14.9 Å². The number of hydrogen-bond donors (Lipinski definition) is 1. The minimum atomic E-state index is -0.300. The van der Waals surface area contributed by atoms with Crippen LogP contribution in [0.5, 0.6) is 11.5 Å². The van der Waals surface area contributed by atoms with Gasteiger partial charge in [-0.3, -0.25) is 4.79 Å². The summed E-state index contributed by atoms with van der Waals surface area (Å²) in [5.41, 5.74) is 4.84. The second-order valence-electron chi connectivity index (χ2n) is 5.88. The predicted octanol–water partition coefficient (Wildman–Crippen LogP) is 4.80. The molecule has 0 spiro atoms. The molecular formula is C22H19BrN2O3. The molecule has 0 heterocycles. The molecule has 0 aliphatic heterocycles. The van der Waals surface area contributed by atoms with Crippen LogP contribution in [0.3, 0.4) is 0 Å². The first kappa shape index (κ1) is 19.6. The summed E-state index contributed by atoms with van der Waals surface area (Å²) in [7, 11) is 1.58. The van der Waals surface area contributed by atoms with E-state index in [1.807, 2.05) is 48.5 Å². The largest absolute Gasteiger partial charge is 0.497 e. The molecule has 3 aromatic rings. The highest BCUT2D eigenvalue weighted by Crippen LogP contribution is 2.19. The van der Waals surface area contributed by atoms with E-state index in [9.17, 15) is 4.79 Å². The Bertz CT molecular complexity index is 972. The van der Waals surface area contributed by atoms with Crippen LogP contribution in [0.15, 0.2) is 82.4 Å².